The van der Waals surface area contributed by atoms with Crippen LogP contribution in [0, 0.1) is 20.8 Å². The fraction of sp³-hybridized carbons (Fsp3) is 0.714. The van der Waals surface area contributed by atoms with E-state index in [1.165, 1.54) is 57.8 Å². The lowest BCUT2D eigenvalue weighted by Crippen LogP contribution is -2.05. The zero-order chi connectivity index (χ0) is 17.9. The molecule has 1 rings (SSSR count). The van der Waals surface area contributed by atoms with E-state index in [0.717, 1.165) is 29.7 Å². The molecule has 0 unspecified atom stereocenters. The number of nitrogens with one attached hydrogen (secondary N) is 1. The number of benzene rings is 1. The third kappa shape index (κ3) is 6.26. The van der Waals surface area contributed by atoms with Crippen LogP contribution in [-0.2, 0) is 0 Å². The first kappa shape index (κ1) is 20.7. The Morgan fingerprint density at radius 2 is 1.08 bits per heavy atom. The Kier molecular flexibility index (Phi) is 9.66. The minimum Gasteiger partial charge on any atom is -0.507 e. The maximum Gasteiger partial charge on any atom is 0.142 e. The SMILES string of the molecule is CCCCCCCCCCCCNc1c(C)c(O)c(C)c(C)c1O. The van der Waals surface area contributed by atoms with Crippen LogP contribution in [0.2, 0.25) is 0 Å². The Hall–Kier alpha value is -1.38. The van der Waals surface area contributed by atoms with Crippen molar-refractivity contribution in [1.29, 1.82) is 0 Å². The molecular formula is C21H37NO2. The monoisotopic (exact) mass is 335 g/mol. The first-order valence-electron chi connectivity index (χ1n) is 9.76. The number of aromatic hydroxyl groups is 2. The molecule has 0 aliphatic carbocycles. The second-order valence-corrected chi connectivity index (χ2v) is 7.06. The van der Waals surface area contributed by atoms with Crippen molar-refractivity contribution in [2.24, 2.45) is 0 Å². The number of hydrogen-bond donors (Lipinski definition) is 3. The molecule has 0 aliphatic rings. The maximum absolute atomic E-state index is 10.3. The van der Waals surface area contributed by atoms with Crippen LogP contribution < -0.4 is 5.32 Å². The third-order valence-corrected chi connectivity index (χ3v) is 5.07. The van der Waals surface area contributed by atoms with Gasteiger partial charge < -0.3 is 15.5 Å². The number of phenolic OH excluding ortho intramolecular Hbond substituents is 2. The normalized spacial score (nSPS) is 11.0. The Bertz CT molecular complexity index is 468. The summed E-state index contributed by atoms with van der Waals surface area (Å²) in [5.74, 6) is 0.561. The van der Waals surface area contributed by atoms with Crippen LogP contribution in [-0.4, -0.2) is 16.8 Å². The summed E-state index contributed by atoms with van der Waals surface area (Å²) in [7, 11) is 0. The molecule has 24 heavy (non-hydrogen) atoms. The molecule has 0 radical (unpaired) electrons. The van der Waals surface area contributed by atoms with E-state index in [4.69, 9.17) is 0 Å². The Labute approximate surface area is 148 Å². The summed E-state index contributed by atoms with van der Waals surface area (Å²) >= 11 is 0. The smallest absolute Gasteiger partial charge is 0.142 e. The first-order valence-corrected chi connectivity index (χ1v) is 9.76. The summed E-state index contributed by atoms with van der Waals surface area (Å²) in [6.45, 7) is 8.63. The standard InChI is InChI=1S/C21H37NO2/c1-5-6-7-8-9-10-11-12-13-14-15-22-19-18(4)20(23)16(2)17(3)21(19)24/h22-24H,5-15H2,1-4H3. The van der Waals surface area contributed by atoms with Crippen molar-refractivity contribution in [2.75, 3.05) is 11.9 Å². The minimum atomic E-state index is 0.273. The van der Waals surface area contributed by atoms with E-state index in [1.54, 1.807) is 0 Å². The molecule has 0 saturated heterocycles. The number of phenols is 2. The van der Waals surface area contributed by atoms with Crippen LogP contribution in [0.4, 0.5) is 5.69 Å². The lowest BCUT2D eigenvalue weighted by molar-refractivity contribution is 0.451. The molecule has 138 valence electrons. The Balaban J connectivity index is 2.20. The number of rotatable bonds is 12. The predicted molar refractivity (Wildman–Crippen MR) is 104 cm³/mol. The van der Waals surface area contributed by atoms with Crippen molar-refractivity contribution < 1.29 is 10.2 Å². The summed E-state index contributed by atoms with van der Waals surface area (Å²) in [5, 5.41) is 23.7. The van der Waals surface area contributed by atoms with Crippen molar-refractivity contribution in [3.8, 4) is 11.5 Å². The Morgan fingerprint density at radius 3 is 1.62 bits per heavy atom. The van der Waals surface area contributed by atoms with Crippen molar-refractivity contribution in [3.05, 3.63) is 16.7 Å². The van der Waals surface area contributed by atoms with E-state index in [9.17, 15) is 10.2 Å². The van der Waals surface area contributed by atoms with Gasteiger partial charge in [0, 0.05) is 12.1 Å². The maximum atomic E-state index is 10.3. The zero-order valence-electron chi connectivity index (χ0n) is 16.2. The van der Waals surface area contributed by atoms with Crippen LogP contribution in [0.5, 0.6) is 11.5 Å². The summed E-state index contributed by atoms with van der Waals surface area (Å²) in [6.07, 6.45) is 13.2. The van der Waals surface area contributed by atoms with Crippen molar-refractivity contribution in [3.63, 3.8) is 0 Å². The van der Waals surface area contributed by atoms with Gasteiger partial charge in [0.05, 0.1) is 5.69 Å². The quantitative estimate of drug-likeness (QED) is 0.237. The average Bonchev–Trinajstić information content (AvgIpc) is 2.58. The van der Waals surface area contributed by atoms with Gasteiger partial charge in [-0.3, -0.25) is 0 Å². The van der Waals surface area contributed by atoms with Gasteiger partial charge in [-0.25, -0.2) is 0 Å². The highest BCUT2D eigenvalue weighted by Gasteiger charge is 2.15. The highest BCUT2D eigenvalue weighted by molar-refractivity contribution is 5.70. The molecule has 0 atom stereocenters. The minimum absolute atomic E-state index is 0.273. The van der Waals surface area contributed by atoms with E-state index < -0.39 is 0 Å². The number of unbranched alkanes of at least 4 members (excludes halogenated alkanes) is 9. The molecule has 1 aromatic rings. The van der Waals surface area contributed by atoms with Gasteiger partial charge >= 0.3 is 0 Å². The zero-order valence-corrected chi connectivity index (χ0v) is 16.2. The molecule has 0 spiro atoms. The van der Waals surface area contributed by atoms with E-state index in [1.807, 2.05) is 20.8 Å². The second kappa shape index (κ2) is 11.2. The van der Waals surface area contributed by atoms with Gasteiger partial charge in [-0.2, -0.15) is 0 Å². The van der Waals surface area contributed by atoms with Gasteiger partial charge in [0.2, 0.25) is 0 Å². The first-order chi connectivity index (χ1) is 11.5. The average molecular weight is 336 g/mol. The summed E-state index contributed by atoms with van der Waals surface area (Å²) in [4.78, 5) is 0. The van der Waals surface area contributed by atoms with Crippen LogP contribution >= 0.6 is 0 Å². The fourth-order valence-electron chi connectivity index (χ4n) is 3.16. The third-order valence-electron chi connectivity index (χ3n) is 5.07. The van der Waals surface area contributed by atoms with Crippen LogP contribution in [0.3, 0.4) is 0 Å². The second-order valence-electron chi connectivity index (χ2n) is 7.06. The topological polar surface area (TPSA) is 52.5 Å². The van der Waals surface area contributed by atoms with E-state index >= 15 is 0 Å². The largest absolute Gasteiger partial charge is 0.507 e. The molecule has 0 heterocycles. The van der Waals surface area contributed by atoms with Crippen LogP contribution in [0.1, 0.15) is 87.8 Å². The highest BCUT2D eigenvalue weighted by Crippen LogP contribution is 2.39. The number of hydrogen-bond acceptors (Lipinski definition) is 3. The molecule has 3 N–H and O–H groups in total. The van der Waals surface area contributed by atoms with E-state index in [0.29, 0.717) is 5.69 Å². The molecule has 0 fully saturated rings. The van der Waals surface area contributed by atoms with Gasteiger partial charge in [0.1, 0.15) is 11.5 Å². The van der Waals surface area contributed by atoms with Gasteiger partial charge in [0.25, 0.3) is 0 Å². The van der Waals surface area contributed by atoms with Crippen molar-refractivity contribution in [1.82, 2.24) is 0 Å². The van der Waals surface area contributed by atoms with Crippen molar-refractivity contribution >= 4 is 5.69 Å². The molecule has 3 nitrogen and oxygen atoms in total. The molecule has 0 bridgehead atoms. The molecule has 0 saturated carbocycles. The van der Waals surface area contributed by atoms with E-state index in [2.05, 4.69) is 12.2 Å². The van der Waals surface area contributed by atoms with Crippen LogP contribution in [0.25, 0.3) is 0 Å². The summed E-state index contributed by atoms with van der Waals surface area (Å²) < 4.78 is 0. The predicted octanol–water partition coefficient (Wildman–Crippen LogP) is 6.36. The molecule has 0 aromatic heterocycles. The molecule has 0 aliphatic heterocycles. The van der Waals surface area contributed by atoms with E-state index in [-0.39, 0.29) is 11.5 Å². The molecule has 0 amide bonds. The van der Waals surface area contributed by atoms with Crippen LogP contribution in [0.15, 0.2) is 0 Å². The summed E-state index contributed by atoms with van der Waals surface area (Å²) in [5.41, 5.74) is 2.94. The fourth-order valence-corrected chi connectivity index (χ4v) is 3.16. The molecule has 1 aromatic carbocycles. The van der Waals surface area contributed by atoms with Gasteiger partial charge in [-0.15, -0.1) is 0 Å². The van der Waals surface area contributed by atoms with Gasteiger partial charge in [0.15, 0.2) is 0 Å². The lowest BCUT2D eigenvalue weighted by Gasteiger charge is -2.17. The van der Waals surface area contributed by atoms with Gasteiger partial charge in [-0.1, -0.05) is 64.7 Å². The summed E-state index contributed by atoms with van der Waals surface area (Å²) in [6, 6.07) is 0. The number of anilines is 1. The highest BCUT2D eigenvalue weighted by atomic mass is 16.3. The van der Waals surface area contributed by atoms with Gasteiger partial charge in [-0.05, 0) is 38.3 Å². The molecular weight excluding hydrogens is 298 g/mol. The lowest BCUT2D eigenvalue weighted by atomic mass is 10.0. The Morgan fingerprint density at radius 1 is 0.625 bits per heavy atom. The molecule has 3 heteroatoms. The van der Waals surface area contributed by atoms with Crippen molar-refractivity contribution in [2.45, 2.75) is 91.9 Å².